The molecule has 0 fully saturated rings. The highest BCUT2D eigenvalue weighted by Crippen LogP contribution is 2.31. The van der Waals surface area contributed by atoms with Crippen LogP contribution in [0.3, 0.4) is 0 Å². The van der Waals surface area contributed by atoms with Crippen molar-refractivity contribution in [2.24, 2.45) is 0 Å². The lowest BCUT2D eigenvalue weighted by Gasteiger charge is -2.16. The van der Waals surface area contributed by atoms with Crippen LogP contribution in [-0.4, -0.2) is 14.2 Å². The fourth-order valence-electron chi connectivity index (χ4n) is 1.85. The molecule has 4 nitrogen and oxygen atoms in total. The zero-order valence-electron chi connectivity index (χ0n) is 11.7. The molecule has 0 aliphatic rings. The highest BCUT2D eigenvalue weighted by atomic mass is 79.9. The van der Waals surface area contributed by atoms with Crippen LogP contribution >= 0.6 is 15.9 Å². The lowest BCUT2D eigenvalue weighted by atomic mass is 10.2. The smallest absolute Gasteiger partial charge is 0.184 e. The van der Waals surface area contributed by atoms with E-state index in [2.05, 4.69) is 22.0 Å². The minimum absolute atomic E-state index is 0.427. The minimum atomic E-state index is -0.427. The molecule has 0 radical (unpaired) electrons. The third-order valence-electron chi connectivity index (χ3n) is 2.87. The average molecular weight is 348 g/mol. The number of benzene rings is 2. The zero-order chi connectivity index (χ0) is 15.2. The summed E-state index contributed by atoms with van der Waals surface area (Å²) in [7, 11) is 3.17. The summed E-state index contributed by atoms with van der Waals surface area (Å²) in [5.74, 6) is 1.35. The SMILES string of the molecule is COC(OC)c1ccc(Oc2ccc(C#N)cc2)cc1Br. The average Bonchev–Trinajstić information content (AvgIpc) is 2.51. The molecule has 0 N–H and O–H groups in total. The summed E-state index contributed by atoms with van der Waals surface area (Å²) < 4.78 is 17.0. The maximum Gasteiger partial charge on any atom is 0.184 e. The first-order chi connectivity index (χ1) is 10.2. The number of methoxy groups -OCH3 is 2. The van der Waals surface area contributed by atoms with Gasteiger partial charge in [-0.3, -0.25) is 0 Å². The Balaban J connectivity index is 2.18. The van der Waals surface area contributed by atoms with E-state index in [1.165, 1.54) is 0 Å². The van der Waals surface area contributed by atoms with E-state index in [9.17, 15) is 0 Å². The molecule has 0 unspecified atom stereocenters. The van der Waals surface area contributed by atoms with Crippen molar-refractivity contribution >= 4 is 15.9 Å². The molecular weight excluding hydrogens is 334 g/mol. The second-order valence-corrected chi connectivity index (χ2v) is 5.08. The molecule has 0 amide bonds. The Morgan fingerprint density at radius 1 is 1.00 bits per heavy atom. The second kappa shape index (κ2) is 7.23. The van der Waals surface area contributed by atoms with Gasteiger partial charge in [0, 0.05) is 24.3 Å². The van der Waals surface area contributed by atoms with Crippen molar-refractivity contribution in [2.45, 2.75) is 6.29 Å². The number of nitriles is 1. The Labute approximate surface area is 132 Å². The summed E-state index contributed by atoms with van der Waals surface area (Å²) in [6.07, 6.45) is -0.427. The van der Waals surface area contributed by atoms with Gasteiger partial charge in [0.15, 0.2) is 6.29 Å². The Kier molecular flexibility index (Phi) is 5.34. The third kappa shape index (κ3) is 3.82. The van der Waals surface area contributed by atoms with Crippen LogP contribution in [0.1, 0.15) is 17.4 Å². The van der Waals surface area contributed by atoms with Gasteiger partial charge in [0.1, 0.15) is 11.5 Å². The van der Waals surface area contributed by atoms with Crippen molar-refractivity contribution in [3.63, 3.8) is 0 Å². The Morgan fingerprint density at radius 2 is 1.62 bits per heavy atom. The fourth-order valence-corrected chi connectivity index (χ4v) is 2.39. The first-order valence-electron chi connectivity index (χ1n) is 6.21. The monoisotopic (exact) mass is 347 g/mol. The number of halogens is 1. The van der Waals surface area contributed by atoms with Crippen molar-refractivity contribution in [2.75, 3.05) is 14.2 Å². The molecule has 0 spiro atoms. The second-order valence-electron chi connectivity index (χ2n) is 4.22. The maximum absolute atomic E-state index is 8.76. The normalized spacial score (nSPS) is 10.4. The van der Waals surface area contributed by atoms with Gasteiger partial charge in [-0.15, -0.1) is 0 Å². The quantitative estimate of drug-likeness (QED) is 0.752. The molecule has 5 heteroatoms. The van der Waals surface area contributed by atoms with Gasteiger partial charge in [0.2, 0.25) is 0 Å². The summed E-state index contributed by atoms with van der Waals surface area (Å²) >= 11 is 3.48. The van der Waals surface area contributed by atoms with E-state index in [0.29, 0.717) is 17.1 Å². The lowest BCUT2D eigenvalue weighted by Crippen LogP contribution is -2.04. The zero-order valence-corrected chi connectivity index (χ0v) is 13.3. The first kappa shape index (κ1) is 15.5. The molecule has 0 aromatic heterocycles. The van der Waals surface area contributed by atoms with E-state index in [1.807, 2.05) is 18.2 Å². The molecule has 0 aliphatic heterocycles. The summed E-state index contributed by atoms with van der Waals surface area (Å²) in [4.78, 5) is 0. The lowest BCUT2D eigenvalue weighted by molar-refractivity contribution is -0.106. The van der Waals surface area contributed by atoms with Gasteiger partial charge >= 0.3 is 0 Å². The molecular formula is C16H14BrNO3. The summed E-state index contributed by atoms with van der Waals surface area (Å²) in [5.41, 5.74) is 1.48. The van der Waals surface area contributed by atoms with Crippen molar-refractivity contribution < 1.29 is 14.2 Å². The Bertz CT molecular complexity index is 646. The van der Waals surface area contributed by atoms with Crippen LogP contribution in [-0.2, 0) is 9.47 Å². The van der Waals surface area contributed by atoms with Crippen molar-refractivity contribution in [1.82, 2.24) is 0 Å². The van der Waals surface area contributed by atoms with Crippen molar-refractivity contribution in [1.29, 1.82) is 5.26 Å². The van der Waals surface area contributed by atoms with Gasteiger partial charge < -0.3 is 14.2 Å². The van der Waals surface area contributed by atoms with Crippen molar-refractivity contribution in [3.05, 3.63) is 58.1 Å². The van der Waals surface area contributed by atoms with Gasteiger partial charge in [-0.1, -0.05) is 15.9 Å². The fraction of sp³-hybridized carbons (Fsp3) is 0.188. The number of ether oxygens (including phenoxy) is 3. The topological polar surface area (TPSA) is 51.5 Å². The molecule has 2 aromatic carbocycles. The molecule has 2 aromatic rings. The van der Waals surface area contributed by atoms with Crippen LogP contribution in [0.5, 0.6) is 11.5 Å². The van der Waals surface area contributed by atoms with Crippen molar-refractivity contribution in [3.8, 4) is 17.6 Å². The van der Waals surface area contributed by atoms with Crippen LogP contribution < -0.4 is 4.74 Å². The Morgan fingerprint density at radius 3 is 2.14 bits per heavy atom. The van der Waals surface area contributed by atoms with E-state index >= 15 is 0 Å². The molecule has 21 heavy (non-hydrogen) atoms. The van der Waals surface area contributed by atoms with Gasteiger partial charge in [0.25, 0.3) is 0 Å². The number of rotatable bonds is 5. The predicted molar refractivity (Wildman–Crippen MR) is 82.1 cm³/mol. The molecule has 2 rings (SSSR count). The molecule has 0 saturated carbocycles. The number of nitrogens with zero attached hydrogens (tertiary/aromatic N) is 1. The van der Waals surface area contributed by atoms with Gasteiger partial charge in [0.05, 0.1) is 11.6 Å². The highest BCUT2D eigenvalue weighted by Gasteiger charge is 2.13. The van der Waals surface area contributed by atoms with Gasteiger partial charge in [-0.25, -0.2) is 0 Å². The maximum atomic E-state index is 8.76. The Hall–Kier alpha value is -1.87. The molecule has 0 bridgehead atoms. The first-order valence-corrected chi connectivity index (χ1v) is 7.00. The van der Waals surface area contributed by atoms with E-state index in [-0.39, 0.29) is 0 Å². The summed E-state index contributed by atoms with van der Waals surface area (Å²) in [6.45, 7) is 0. The van der Waals surface area contributed by atoms with Gasteiger partial charge in [-0.2, -0.15) is 5.26 Å². The third-order valence-corrected chi connectivity index (χ3v) is 3.56. The number of hydrogen-bond donors (Lipinski definition) is 0. The van der Waals surface area contributed by atoms with Crippen LogP contribution in [0.15, 0.2) is 46.9 Å². The minimum Gasteiger partial charge on any atom is -0.457 e. The van der Waals surface area contributed by atoms with Gasteiger partial charge in [-0.05, 0) is 42.5 Å². The van der Waals surface area contributed by atoms with Crippen LogP contribution in [0.2, 0.25) is 0 Å². The predicted octanol–water partition coefficient (Wildman–Crippen LogP) is 4.40. The van der Waals surface area contributed by atoms with E-state index < -0.39 is 6.29 Å². The van der Waals surface area contributed by atoms with E-state index in [0.717, 1.165) is 10.0 Å². The molecule has 0 atom stereocenters. The van der Waals surface area contributed by atoms with Crippen LogP contribution in [0.25, 0.3) is 0 Å². The highest BCUT2D eigenvalue weighted by molar-refractivity contribution is 9.10. The molecule has 0 saturated heterocycles. The van der Waals surface area contributed by atoms with Crippen LogP contribution in [0, 0.1) is 11.3 Å². The molecule has 0 heterocycles. The van der Waals surface area contributed by atoms with E-state index in [4.69, 9.17) is 19.5 Å². The standard InChI is InChI=1S/C16H14BrNO3/c1-19-16(20-2)14-8-7-13(9-15(14)17)21-12-5-3-11(10-18)4-6-12/h3-9,16H,1-2H3. The summed E-state index contributed by atoms with van der Waals surface area (Å²) in [5, 5.41) is 8.76. The molecule has 0 aliphatic carbocycles. The van der Waals surface area contributed by atoms with E-state index in [1.54, 1.807) is 38.5 Å². The van der Waals surface area contributed by atoms with Crippen LogP contribution in [0.4, 0.5) is 0 Å². The number of hydrogen-bond acceptors (Lipinski definition) is 4. The largest absolute Gasteiger partial charge is 0.457 e. The summed E-state index contributed by atoms with van der Waals surface area (Å²) in [6, 6.07) is 14.6. The molecule has 108 valence electrons.